The van der Waals surface area contributed by atoms with E-state index in [0.717, 1.165) is 0 Å². The molecule has 0 fully saturated rings. The number of benzene rings is 1. The first-order valence-corrected chi connectivity index (χ1v) is 5.22. The summed E-state index contributed by atoms with van der Waals surface area (Å²) in [4.78, 5) is 18.7. The van der Waals surface area contributed by atoms with E-state index in [1.165, 1.54) is 6.26 Å². The average Bonchev–Trinajstić information content (AvgIpc) is 2.83. The van der Waals surface area contributed by atoms with Crippen LogP contribution in [0.2, 0.25) is 5.02 Å². The van der Waals surface area contributed by atoms with E-state index in [9.17, 15) is 4.79 Å². The molecule has 0 saturated heterocycles. The lowest BCUT2D eigenvalue weighted by atomic mass is 10.2. The fourth-order valence-corrected chi connectivity index (χ4v) is 1.74. The van der Waals surface area contributed by atoms with Crippen LogP contribution in [-0.2, 0) is 0 Å². The fraction of sp³-hybridized carbons (Fsp3) is 0. The van der Waals surface area contributed by atoms with Crippen molar-refractivity contribution < 1.29 is 4.52 Å². The van der Waals surface area contributed by atoms with Crippen molar-refractivity contribution in [3.8, 4) is 11.5 Å². The molecule has 0 aliphatic carbocycles. The smallest absolute Gasteiger partial charge is 0.259 e. The Morgan fingerprint density at radius 3 is 2.94 bits per heavy atom. The molecule has 3 aromatic rings. The number of nitrogens with zero attached hydrogens (tertiary/aromatic N) is 2. The average molecular weight is 248 g/mol. The van der Waals surface area contributed by atoms with Gasteiger partial charge >= 0.3 is 0 Å². The number of fused-ring (bicyclic) bond motifs is 1. The highest BCUT2D eigenvalue weighted by Crippen LogP contribution is 2.17. The summed E-state index contributed by atoms with van der Waals surface area (Å²) in [7, 11) is 0. The van der Waals surface area contributed by atoms with E-state index in [2.05, 4.69) is 15.1 Å². The highest BCUT2D eigenvalue weighted by atomic mass is 35.5. The maximum Gasteiger partial charge on any atom is 0.259 e. The second kappa shape index (κ2) is 3.71. The van der Waals surface area contributed by atoms with Gasteiger partial charge in [-0.1, -0.05) is 16.8 Å². The van der Waals surface area contributed by atoms with Crippen molar-refractivity contribution in [1.29, 1.82) is 0 Å². The molecule has 0 aliphatic heterocycles. The summed E-state index contributed by atoms with van der Waals surface area (Å²) in [6.07, 6.45) is 1.42. The molecule has 1 N–H and O–H groups in total. The Morgan fingerprint density at radius 2 is 2.18 bits per heavy atom. The summed E-state index contributed by atoms with van der Waals surface area (Å²) < 4.78 is 4.71. The van der Waals surface area contributed by atoms with Gasteiger partial charge in [-0.3, -0.25) is 4.79 Å². The van der Waals surface area contributed by atoms with Gasteiger partial charge in [0, 0.05) is 11.1 Å². The van der Waals surface area contributed by atoms with Crippen molar-refractivity contribution in [2.45, 2.75) is 0 Å². The van der Waals surface area contributed by atoms with E-state index in [1.807, 2.05) is 0 Å². The fourth-order valence-electron chi connectivity index (χ4n) is 1.57. The summed E-state index contributed by atoms with van der Waals surface area (Å²) in [5, 5.41) is 4.67. The molecule has 0 atom stereocenters. The first kappa shape index (κ1) is 10.0. The minimum absolute atomic E-state index is 0.254. The number of halogens is 1. The zero-order valence-electron chi connectivity index (χ0n) is 8.48. The first-order chi connectivity index (χ1) is 8.24. The van der Waals surface area contributed by atoms with Gasteiger partial charge in [0.25, 0.3) is 5.56 Å². The lowest BCUT2D eigenvalue weighted by Crippen LogP contribution is -2.09. The number of rotatable bonds is 1. The SMILES string of the molecule is O=c1[nH]c(-c2ccon2)nc2ccc(Cl)cc12. The summed E-state index contributed by atoms with van der Waals surface area (Å²) in [6, 6.07) is 6.58. The molecule has 2 heterocycles. The Kier molecular flexibility index (Phi) is 2.19. The lowest BCUT2D eigenvalue weighted by Gasteiger charge is -1.99. The summed E-state index contributed by atoms with van der Waals surface area (Å²) >= 11 is 5.82. The molecule has 0 unspecified atom stereocenters. The molecule has 6 heteroatoms. The molecule has 17 heavy (non-hydrogen) atoms. The number of hydrogen-bond acceptors (Lipinski definition) is 4. The van der Waals surface area contributed by atoms with E-state index in [0.29, 0.717) is 27.4 Å². The monoisotopic (exact) mass is 247 g/mol. The largest absolute Gasteiger partial charge is 0.364 e. The van der Waals surface area contributed by atoms with Gasteiger partial charge in [-0.2, -0.15) is 0 Å². The minimum atomic E-state index is -0.254. The standard InChI is InChI=1S/C11H6ClN3O2/c12-6-1-2-8-7(5-6)11(16)14-10(13-8)9-3-4-17-15-9/h1-5H,(H,13,14,16). The topological polar surface area (TPSA) is 71.8 Å². The number of nitrogens with one attached hydrogen (secondary N) is 1. The molecule has 0 spiro atoms. The zero-order valence-corrected chi connectivity index (χ0v) is 9.23. The maximum atomic E-state index is 11.8. The predicted octanol–water partition coefficient (Wildman–Crippen LogP) is 2.23. The quantitative estimate of drug-likeness (QED) is 0.716. The number of H-pyrrole nitrogens is 1. The lowest BCUT2D eigenvalue weighted by molar-refractivity contribution is 0.422. The second-order valence-corrected chi connectivity index (χ2v) is 3.90. The third kappa shape index (κ3) is 1.70. The van der Waals surface area contributed by atoms with Gasteiger partial charge in [-0.25, -0.2) is 4.98 Å². The minimum Gasteiger partial charge on any atom is -0.364 e. The maximum absolute atomic E-state index is 11.8. The summed E-state index contributed by atoms with van der Waals surface area (Å²) in [5.74, 6) is 0.374. The van der Waals surface area contributed by atoms with Crippen molar-refractivity contribution in [3.63, 3.8) is 0 Å². The van der Waals surface area contributed by atoms with Crippen molar-refractivity contribution >= 4 is 22.5 Å². The molecule has 1 aromatic carbocycles. The summed E-state index contributed by atoms with van der Waals surface area (Å²) in [6.45, 7) is 0. The molecule has 2 aromatic heterocycles. The van der Waals surface area contributed by atoms with Crippen LogP contribution in [0.3, 0.4) is 0 Å². The van der Waals surface area contributed by atoms with Gasteiger partial charge in [0.15, 0.2) is 5.82 Å². The highest BCUT2D eigenvalue weighted by Gasteiger charge is 2.08. The molecule has 0 radical (unpaired) electrons. The van der Waals surface area contributed by atoms with Crippen molar-refractivity contribution in [2.24, 2.45) is 0 Å². The Labute approximate surface area is 100 Å². The van der Waals surface area contributed by atoms with Crippen LogP contribution in [0.15, 0.2) is 39.8 Å². The van der Waals surface area contributed by atoms with Crippen LogP contribution in [0.4, 0.5) is 0 Å². The van der Waals surface area contributed by atoms with Crippen LogP contribution >= 0.6 is 11.6 Å². The third-order valence-electron chi connectivity index (χ3n) is 2.35. The molecule has 0 bridgehead atoms. The van der Waals surface area contributed by atoms with Crippen LogP contribution < -0.4 is 5.56 Å². The molecule has 0 aliphatic rings. The third-order valence-corrected chi connectivity index (χ3v) is 2.58. The molecular formula is C11H6ClN3O2. The van der Waals surface area contributed by atoms with Crippen molar-refractivity contribution in [1.82, 2.24) is 15.1 Å². The second-order valence-electron chi connectivity index (χ2n) is 3.46. The van der Waals surface area contributed by atoms with Gasteiger partial charge in [0.05, 0.1) is 10.9 Å². The van der Waals surface area contributed by atoms with Crippen LogP contribution in [0, 0.1) is 0 Å². The zero-order chi connectivity index (χ0) is 11.8. The first-order valence-electron chi connectivity index (χ1n) is 4.84. The van der Waals surface area contributed by atoms with E-state index < -0.39 is 0 Å². The molecule has 0 amide bonds. The molecule has 3 rings (SSSR count). The number of hydrogen-bond donors (Lipinski definition) is 1. The Balaban J connectivity index is 2.32. The van der Waals surface area contributed by atoms with Crippen molar-refractivity contribution in [3.05, 3.63) is 45.9 Å². The van der Waals surface area contributed by atoms with Crippen LogP contribution in [-0.4, -0.2) is 15.1 Å². The molecule has 5 nitrogen and oxygen atoms in total. The van der Waals surface area contributed by atoms with E-state index in [4.69, 9.17) is 16.1 Å². The van der Waals surface area contributed by atoms with E-state index in [1.54, 1.807) is 24.3 Å². The Morgan fingerprint density at radius 1 is 1.29 bits per heavy atom. The summed E-state index contributed by atoms with van der Waals surface area (Å²) in [5.41, 5.74) is 0.797. The van der Waals surface area contributed by atoms with Gasteiger partial charge in [0.1, 0.15) is 12.0 Å². The van der Waals surface area contributed by atoms with Crippen LogP contribution in [0.5, 0.6) is 0 Å². The predicted molar refractivity (Wildman–Crippen MR) is 62.9 cm³/mol. The van der Waals surface area contributed by atoms with E-state index >= 15 is 0 Å². The molecule has 84 valence electrons. The van der Waals surface area contributed by atoms with Crippen LogP contribution in [0.25, 0.3) is 22.4 Å². The van der Waals surface area contributed by atoms with Crippen LogP contribution in [0.1, 0.15) is 0 Å². The molecule has 0 saturated carbocycles. The highest BCUT2D eigenvalue weighted by molar-refractivity contribution is 6.31. The Hall–Kier alpha value is -2.14. The normalized spacial score (nSPS) is 10.9. The molecular weight excluding hydrogens is 242 g/mol. The van der Waals surface area contributed by atoms with Gasteiger partial charge in [-0.15, -0.1) is 0 Å². The number of aromatic nitrogens is 3. The van der Waals surface area contributed by atoms with Gasteiger partial charge < -0.3 is 9.51 Å². The van der Waals surface area contributed by atoms with Gasteiger partial charge in [-0.05, 0) is 18.2 Å². The van der Waals surface area contributed by atoms with E-state index in [-0.39, 0.29) is 5.56 Å². The number of aromatic amines is 1. The Bertz CT molecular complexity index is 734. The van der Waals surface area contributed by atoms with Crippen molar-refractivity contribution in [2.75, 3.05) is 0 Å². The van der Waals surface area contributed by atoms with Gasteiger partial charge in [0.2, 0.25) is 0 Å².